The van der Waals surface area contributed by atoms with E-state index in [1.54, 1.807) is 18.8 Å². The SMILES string of the molecule is CN=C(NC#N)NCCSCc1csc([NH+]=C(N)N)n1.O=C([O-])/C=C/C(=O)O. The van der Waals surface area contributed by atoms with Crippen molar-refractivity contribution >= 4 is 52.1 Å². The molecule has 0 radical (unpaired) electrons. The zero-order valence-electron chi connectivity index (χ0n) is 14.8. The number of carboxylic acids is 2. The molecule has 0 aliphatic heterocycles. The van der Waals surface area contributed by atoms with Crippen molar-refractivity contribution < 1.29 is 24.8 Å². The van der Waals surface area contributed by atoms with Crippen LogP contribution in [-0.2, 0) is 15.3 Å². The van der Waals surface area contributed by atoms with Gasteiger partial charge >= 0.3 is 11.9 Å². The Morgan fingerprint density at radius 3 is 2.75 bits per heavy atom. The summed E-state index contributed by atoms with van der Waals surface area (Å²) in [4.78, 5) is 30.0. The van der Waals surface area contributed by atoms with Crippen LogP contribution in [0.1, 0.15) is 5.69 Å². The third kappa shape index (κ3) is 13.9. The van der Waals surface area contributed by atoms with E-state index in [-0.39, 0.29) is 5.96 Å². The van der Waals surface area contributed by atoms with Crippen molar-refractivity contribution in [3.8, 4) is 6.19 Å². The van der Waals surface area contributed by atoms with Crippen LogP contribution in [0.25, 0.3) is 0 Å². The van der Waals surface area contributed by atoms with Crippen molar-refractivity contribution in [1.29, 1.82) is 5.26 Å². The lowest BCUT2D eigenvalue weighted by molar-refractivity contribution is -0.355. The maximum absolute atomic E-state index is 9.53. The Morgan fingerprint density at radius 2 is 2.25 bits per heavy atom. The molecule has 1 aromatic rings. The summed E-state index contributed by atoms with van der Waals surface area (Å²) in [5.74, 6) is -0.519. The van der Waals surface area contributed by atoms with E-state index in [1.807, 2.05) is 11.6 Å². The van der Waals surface area contributed by atoms with Gasteiger partial charge in [0, 0.05) is 36.6 Å². The number of guanidine groups is 2. The number of carbonyl (C=O) groups is 2. The van der Waals surface area contributed by atoms with Gasteiger partial charge in [-0.05, 0) is 6.08 Å². The van der Waals surface area contributed by atoms with E-state index in [9.17, 15) is 14.7 Å². The maximum atomic E-state index is 9.53. The van der Waals surface area contributed by atoms with Crippen molar-refractivity contribution in [2.24, 2.45) is 16.5 Å². The molecule has 0 bridgehead atoms. The number of aromatic nitrogens is 1. The van der Waals surface area contributed by atoms with Crippen LogP contribution < -0.4 is 32.2 Å². The molecule has 0 unspecified atom stereocenters. The van der Waals surface area contributed by atoms with Gasteiger partial charge in [0.25, 0.3) is 5.13 Å². The number of rotatable bonds is 8. The monoisotopic (exact) mass is 428 g/mol. The van der Waals surface area contributed by atoms with Gasteiger partial charge in [0.1, 0.15) is 5.69 Å². The van der Waals surface area contributed by atoms with Crippen LogP contribution in [0, 0.1) is 11.5 Å². The number of thioether (sulfide) groups is 1. The summed E-state index contributed by atoms with van der Waals surface area (Å²) in [5, 5.41) is 33.8. The third-order valence-corrected chi connectivity index (χ3v) is 4.15. The summed E-state index contributed by atoms with van der Waals surface area (Å²) in [6.07, 6.45) is 2.76. The van der Waals surface area contributed by atoms with Gasteiger partial charge in [-0.3, -0.25) is 10.3 Å². The molecule has 0 atom stereocenters. The van der Waals surface area contributed by atoms with Crippen molar-refractivity contribution in [1.82, 2.24) is 15.6 Å². The van der Waals surface area contributed by atoms with E-state index in [2.05, 4.69) is 25.6 Å². The number of hydrogen-bond donors (Lipinski definition) is 6. The first-order chi connectivity index (χ1) is 13.3. The first-order valence-corrected chi connectivity index (χ1v) is 9.46. The van der Waals surface area contributed by atoms with Crippen LogP contribution in [0.5, 0.6) is 0 Å². The average molecular weight is 429 g/mol. The Balaban J connectivity index is 0.000000769. The van der Waals surface area contributed by atoms with Gasteiger partial charge in [-0.15, -0.1) is 4.98 Å². The summed E-state index contributed by atoms with van der Waals surface area (Å²) >= 11 is 3.19. The van der Waals surface area contributed by atoms with E-state index in [1.165, 1.54) is 11.3 Å². The second kappa shape index (κ2) is 14.8. The molecule has 0 fully saturated rings. The quantitative estimate of drug-likeness (QED) is 0.0593. The van der Waals surface area contributed by atoms with Crippen molar-refractivity contribution in [3.05, 3.63) is 23.2 Å². The van der Waals surface area contributed by atoms with Crippen LogP contribution in [0.2, 0.25) is 0 Å². The lowest BCUT2D eigenvalue weighted by Crippen LogP contribution is -2.72. The standard InChI is InChI=1S/C10H16N8S2.C4H4O4/c1-14-9(16-6-11)15-2-3-19-4-7-5-20-10(17-7)18-8(12)13;5-3(6)1-2-4(7)8/h5H,2-4H2,1H3,(H2,14,15,16)(H4,12,13,17,18);1-2H,(H,5,6)(H,7,8)/b;2-1+. The van der Waals surface area contributed by atoms with Gasteiger partial charge in [-0.2, -0.15) is 17.0 Å². The van der Waals surface area contributed by atoms with E-state index in [0.717, 1.165) is 17.2 Å². The molecule has 12 nitrogen and oxygen atoms in total. The van der Waals surface area contributed by atoms with Crippen molar-refractivity contribution in [2.45, 2.75) is 5.75 Å². The summed E-state index contributed by atoms with van der Waals surface area (Å²) in [6.45, 7) is 0.713. The Labute approximate surface area is 169 Å². The predicted octanol–water partition coefficient (Wildman–Crippen LogP) is -3.62. The minimum Gasteiger partial charge on any atom is -0.545 e. The summed E-state index contributed by atoms with van der Waals surface area (Å²) in [7, 11) is 1.61. The molecule has 152 valence electrons. The van der Waals surface area contributed by atoms with Crippen molar-refractivity contribution in [2.75, 3.05) is 19.3 Å². The molecule has 0 amide bonds. The van der Waals surface area contributed by atoms with Crippen molar-refractivity contribution in [3.63, 3.8) is 0 Å². The molecule has 0 aliphatic rings. The zero-order valence-corrected chi connectivity index (χ0v) is 16.5. The lowest BCUT2D eigenvalue weighted by atomic mass is 10.5. The maximum Gasteiger partial charge on any atom is 0.328 e. The van der Waals surface area contributed by atoms with Crippen LogP contribution in [0.15, 0.2) is 22.5 Å². The highest BCUT2D eigenvalue weighted by Gasteiger charge is 2.05. The molecular formula is C14H20N8O4S2. The highest BCUT2D eigenvalue weighted by Crippen LogP contribution is 2.15. The van der Waals surface area contributed by atoms with Crippen LogP contribution >= 0.6 is 23.1 Å². The van der Waals surface area contributed by atoms with E-state index < -0.39 is 11.9 Å². The fourth-order valence-corrected chi connectivity index (χ4v) is 2.93. The summed E-state index contributed by atoms with van der Waals surface area (Å²) in [6, 6.07) is 0. The smallest absolute Gasteiger partial charge is 0.328 e. The predicted molar refractivity (Wildman–Crippen MR) is 104 cm³/mol. The number of nitrogens with one attached hydrogen (secondary N) is 3. The van der Waals surface area contributed by atoms with E-state index in [4.69, 9.17) is 21.8 Å². The first kappa shape index (κ1) is 24.7. The van der Waals surface area contributed by atoms with Gasteiger partial charge < -0.3 is 31.8 Å². The fourth-order valence-electron chi connectivity index (χ4n) is 1.34. The normalized spacial score (nSPS) is 10.4. The van der Waals surface area contributed by atoms with Gasteiger partial charge in [0.15, 0.2) is 6.19 Å². The molecule has 28 heavy (non-hydrogen) atoms. The Hall–Kier alpha value is -3.31. The topological polar surface area (TPSA) is 217 Å². The van der Waals surface area contributed by atoms with Crippen LogP contribution in [-0.4, -0.2) is 53.3 Å². The van der Waals surface area contributed by atoms with Crippen LogP contribution in [0.4, 0.5) is 5.13 Å². The Kier molecular flexibility index (Phi) is 13.1. The summed E-state index contributed by atoms with van der Waals surface area (Å²) in [5.41, 5.74) is 11.6. The number of thiazole rings is 1. The molecule has 0 spiro atoms. The molecule has 0 aromatic carbocycles. The number of aliphatic carboxylic acids is 2. The number of carboxylic acid groups (broad SMARTS) is 2. The number of nitrogens with two attached hydrogens (primary N) is 2. The van der Waals surface area contributed by atoms with Gasteiger partial charge in [0.05, 0.1) is 5.97 Å². The second-order valence-corrected chi connectivity index (χ2v) is 6.47. The number of carbonyl (C=O) groups excluding carboxylic acids is 1. The molecule has 0 saturated heterocycles. The minimum atomic E-state index is -1.51. The van der Waals surface area contributed by atoms with Gasteiger partial charge in [0.2, 0.25) is 5.96 Å². The largest absolute Gasteiger partial charge is 0.545 e. The molecule has 1 rings (SSSR count). The molecule has 14 heteroatoms. The van der Waals surface area contributed by atoms with Gasteiger partial charge in [-0.25, -0.2) is 9.79 Å². The lowest BCUT2D eigenvalue weighted by Gasteiger charge is -2.05. The summed E-state index contributed by atoms with van der Waals surface area (Å²) < 4.78 is 0. The number of nitrogens with zero attached hydrogens (tertiary/aromatic N) is 3. The molecule has 0 saturated carbocycles. The minimum absolute atomic E-state index is 0.138. The second-order valence-electron chi connectivity index (χ2n) is 4.50. The average Bonchev–Trinajstić information content (AvgIpc) is 3.05. The van der Waals surface area contributed by atoms with Crippen LogP contribution in [0.3, 0.4) is 0 Å². The zero-order chi connectivity index (χ0) is 21.4. The third-order valence-electron chi connectivity index (χ3n) is 2.35. The fraction of sp³-hybridized carbons (Fsp3) is 0.286. The Morgan fingerprint density at radius 1 is 1.54 bits per heavy atom. The number of nitriles is 1. The Bertz CT molecular complexity index is 750. The molecular weight excluding hydrogens is 408 g/mol. The van der Waals surface area contributed by atoms with Gasteiger partial charge in [-0.1, -0.05) is 11.3 Å². The number of aliphatic imine (C=N–C) groups is 1. The number of hydrogen-bond acceptors (Lipinski definition) is 8. The highest BCUT2D eigenvalue weighted by atomic mass is 32.2. The molecule has 1 aromatic heterocycles. The van der Waals surface area contributed by atoms with E-state index in [0.29, 0.717) is 29.8 Å². The highest BCUT2D eigenvalue weighted by molar-refractivity contribution is 7.98. The molecule has 1 heterocycles. The first-order valence-electron chi connectivity index (χ1n) is 7.43. The van der Waals surface area contributed by atoms with E-state index >= 15 is 0 Å². The molecule has 0 aliphatic carbocycles. The molecule has 8 N–H and O–H groups in total.